The number of piperazine rings is 1. The minimum absolute atomic E-state index is 0.306. The fraction of sp³-hybridized carbons (Fsp3) is 0.556. The van der Waals surface area contributed by atoms with Gasteiger partial charge in [-0.25, -0.2) is 0 Å². The van der Waals surface area contributed by atoms with Crippen LogP contribution in [0.15, 0.2) is 28.8 Å². The molecule has 24 heavy (non-hydrogen) atoms. The lowest BCUT2D eigenvalue weighted by molar-refractivity contribution is 0.192. The van der Waals surface area contributed by atoms with Crippen LogP contribution in [-0.4, -0.2) is 54.4 Å². The number of hydrogen-bond donors (Lipinski definition) is 0. The van der Waals surface area contributed by atoms with Crippen molar-refractivity contribution in [1.82, 2.24) is 15.0 Å². The van der Waals surface area contributed by atoms with Gasteiger partial charge in [0.15, 0.2) is 5.82 Å². The molecule has 2 aromatic rings. The van der Waals surface area contributed by atoms with Gasteiger partial charge >= 0.3 is 0 Å². The Bertz CT molecular complexity index is 673. The molecule has 0 N–H and O–H groups in total. The second kappa shape index (κ2) is 6.91. The highest BCUT2D eigenvalue weighted by Gasteiger charge is 2.24. The Morgan fingerprint density at radius 2 is 2.08 bits per heavy atom. The summed E-state index contributed by atoms with van der Waals surface area (Å²) in [5.74, 6) is 1.84. The van der Waals surface area contributed by atoms with Crippen LogP contribution in [0.1, 0.15) is 29.6 Å². The zero-order chi connectivity index (χ0) is 16.4. The summed E-state index contributed by atoms with van der Waals surface area (Å²) in [6.45, 7) is 8.48. The third-order valence-corrected chi connectivity index (χ3v) is 4.88. The number of ether oxygens (including phenoxy) is 1. The molecule has 2 saturated heterocycles. The molecule has 4 rings (SSSR count). The molecule has 0 radical (unpaired) electrons. The summed E-state index contributed by atoms with van der Waals surface area (Å²) >= 11 is 0. The summed E-state index contributed by atoms with van der Waals surface area (Å²) in [4.78, 5) is 9.39. The van der Waals surface area contributed by atoms with Crippen LogP contribution in [-0.2, 0) is 11.3 Å². The average molecular weight is 328 g/mol. The highest BCUT2D eigenvalue weighted by Crippen LogP contribution is 2.23. The monoisotopic (exact) mass is 328 g/mol. The molecule has 0 unspecified atom stereocenters. The van der Waals surface area contributed by atoms with E-state index in [1.54, 1.807) is 0 Å². The number of hydrogen-bond acceptors (Lipinski definition) is 6. The summed E-state index contributed by atoms with van der Waals surface area (Å²) in [5.41, 5.74) is 2.63. The number of aryl methyl sites for hydroxylation is 1. The molecule has 0 spiro atoms. The van der Waals surface area contributed by atoms with Crippen LogP contribution >= 0.6 is 0 Å². The van der Waals surface area contributed by atoms with E-state index < -0.39 is 0 Å². The van der Waals surface area contributed by atoms with Gasteiger partial charge in [-0.2, -0.15) is 4.98 Å². The van der Waals surface area contributed by atoms with E-state index in [9.17, 15) is 0 Å². The summed E-state index contributed by atoms with van der Waals surface area (Å²) in [5, 5.41) is 4.13. The van der Waals surface area contributed by atoms with Gasteiger partial charge in [0, 0.05) is 44.4 Å². The van der Waals surface area contributed by atoms with E-state index in [4.69, 9.17) is 9.26 Å². The van der Waals surface area contributed by atoms with Crippen molar-refractivity contribution >= 4 is 5.69 Å². The van der Waals surface area contributed by atoms with Gasteiger partial charge in [0.2, 0.25) is 5.89 Å². The number of anilines is 1. The van der Waals surface area contributed by atoms with Crippen LogP contribution in [0.5, 0.6) is 0 Å². The Labute approximate surface area is 142 Å². The van der Waals surface area contributed by atoms with Gasteiger partial charge in [0.1, 0.15) is 0 Å². The average Bonchev–Trinajstić information content (AvgIpc) is 3.27. The largest absolute Gasteiger partial charge is 0.381 e. The van der Waals surface area contributed by atoms with Crippen molar-refractivity contribution in [1.29, 1.82) is 0 Å². The van der Waals surface area contributed by atoms with Crippen molar-refractivity contribution in [3.8, 4) is 0 Å². The fourth-order valence-electron chi connectivity index (χ4n) is 3.42. The summed E-state index contributed by atoms with van der Waals surface area (Å²) < 4.78 is 10.8. The van der Waals surface area contributed by atoms with Gasteiger partial charge in [-0.3, -0.25) is 4.90 Å². The molecule has 1 atom stereocenters. The smallest absolute Gasteiger partial charge is 0.240 e. The molecule has 1 aromatic carbocycles. The first-order chi connectivity index (χ1) is 11.8. The normalized spacial score (nSPS) is 22.2. The van der Waals surface area contributed by atoms with Crippen LogP contribution in [0.3, 0.4) is 0 Å². The topological polar surface area (TPSA) is 54.6 Å². The van der Waals surface area contributed by atoms with E-state index in [0.717, 1.165) is 57.5 Å². The third-order valence-electron chi connectivity index (χ3n) is 4.88. The van der Waals surface area contributed by atoms with Gasteiger partial charge in [-0.05, 0) is 31.0 Å². The molecule has 2 aliphatic rings. The number of aromatic nitrogens is 2. The van der Waals surface area contributed by atoms with Crippen molar-refractivity contribution in [3.05, 3.63) is 41.5 Å². The molecule has 0 bridgehead atoms. The lowest BCUT2D eigenvalue weighted by Gasteiger charge is -2.35. The molecule has 3 heterocycles. The van der Waals surface area contributed by atoms with Gasteiger partial charge in [-0.15, -0.1) is 0 Å². The van der Waals surface area contributed by atoms with E-state index in [2.05, 4.69) is 51.1 Å². The van der Waals surface area contributed by atoms with Crippen molar-refractivity contribution in [3.63, 3.8) is 0 Å². The zero-order valence-corrected chi connectivity index (χ0v) is 14.1. The first-order valence-electron chi connectivity index (χ1n) is 8.72. The minimum Gasteiger partial charge on any atom is -0.381 e. The first-order valence-corrected chi connectivity index (χ1v) is 8.72. The molecule has 0 aliphatic carbocycles. The van der Waals surface area contributed by atoms with E-state index in [-0.39, 0.29) is 0 Å². The van der Waals surface area contributed by atoms with Crippen LogP contribution in [0.25, 0.3) is 0 Å². The molecule has 1 aromatic heterocycles. The maximum Gasteiger partial charge on any atom is 0.240 e. The summed E-state index contributed by atoms with van der Waals surface area (Å²) in [6, 6.07) is 8.71. The Kier molecular flexibility index (Phi) is 4.49. The van der Waals surface area contributed by atoms with Crippen molar-refractivity contribution < 1.29 is 9.26 Å². The highest BCUT2D eigenvalue weighted by atomic mass is 16.5. The second-order valence-corrected chi connectivity index (χ2v) is 6.71. The lowest BCUT2D eigenvalue weighted by atomic mass is 10.1. The Hall–Kier alpha value is -1.92. The van der Waals surface area contributed by atoms with E-state index >= 15 is 0 Å². The Morgan fingerprint density at radius 1 is 1.21 bits per heavy atom. The zero-order valence-electron chi connectivity index (χ0n) is 14.1. The van der Waals surface area contributed by atoms with Crippen LogP contribution in [0, 0.1) is 6.92 Å². The predicted molar refractivity (Wildman–Crippen MR) is 91.1 cm³/mol. The maximum atomic E-state index is 5.44. The molecular weight excluding hydrogens is 304 g/mol. The third kappa shape index (κ3) is 3.44. The van der Waals surface area contributed by atoms with E-state index in [1.807, 2.05) is 0 Å². The van der Waals surface area contributed by atoms with Gasteiger partial charge < -0.3 is 14.2 Å². The molecule has 0 amide bonds. The van der Waals surface area contributed by atoms with Crippen molar-refractivity contribution in [2.45, 2.75) is 25.8 Å². The number of nitrogens with zero attached hydrogens (tertiary/aromatic N) is 4. The first kappa shape index (κ1) is 15.6. The highest BCUT2D eigenvalue weighted by molar-refractivity contribution is 5.48. The molecule has 2 fully saturated rings. The lowest BCUT2D eigenvalue weighted by Crippen LogP contribution is -2.46. The second-order valence-electron chi connectivity index (χ2n) is 6.71. The molecule has 6 heteroatoms. The standard InChI is InChI=1S/C18H24N4O2/c1-14-3-2-4-16(11-14)22-8-6-21(7-9-22)12-17-19-18(20-24-17)15-5-10-23-13-15/h2-4,11,15H,5-10,12-13H2,1H3/t15-/m1/s1. The molecule has 0 saturated carbocycles. The summed E-state index contributed by atoms with van der Waals surface area (Å²) in [6.07, 6.45) is 0.994. The molecular formula is C18H24N4O2. The SMILES string of the molecule is Cc1cccc(N2CCN(Cc3nc([C@@H]4CCOC4)no3)CC2)c1. The number of rotatable bonds is 4. The van der Waals surface area contributed by atoms with Gasteiger partial charge in [0.05, 0.1) is 13.2 Å². The van der Waals surface area contributed by atoms with E-state index in [1.165, 1.54) is 11.3 Å². The summed E-state index contributed by atoms with van der Waals surface area (Å²) in [7, 11) is 0. The van der Waals surface area contributed by atoms with Crippen LogP contribution in [0.4, 0.5) is 5.69 Å². The van der Waals surface area contributed by atoms with Crippen molar-refractivity contribution in [2.75, 3.05) is 44.3 Å². The molecule has 6 nitrogen and oxygen atoms in total. The van der Waals surface area contributed by atoms with Gasteiger partial charge in [-0.1, -0.05) is 17.3 Å². The van der Waals surface area contributed by atoms with Crippen molar-refractivity contribution in [2.24, 2.45) is 0 Å². The van der Waals surface area contributed by atoms with Crippen LogP contribution < -0.4 is 4.90 Å². The molecule has 128 valence electrons. The Morgan fingerprint density at radius 3 is 2.83 bits per heavy atom. The molecule has 2 aliphatic heterocycles. The minimum atomic E-state index is 0.306. The quantitative estimate of drug-likeness (QED) is 0.858. The van der Waals surface area contributed by atoms with Crippen LogP contribution in [0.2, 0.25) is 0 Å². The maximum absolute atomic E-state index is 5.44. The van der Waals surface area contributed by atoms with E-state index in [0.29, 0.717) is 12.5 Å². The predicted octanol–water partition coefficient (Wildman–Crippen LogP) is 2.20. The number of benzene rings is 1. The van der Waals surface area contributed by atoms with Gasteiger partial charge in [0.25, 0.3) is 0 Å². The Balaban J connectivity index is 1.31. The fourth-order valence-corrected chi connectivity index (χ4v) is 3.42.